The number of rotatable bonds is 4. The molecule has 1 heterocycles. The summed E-state index contributed by atoms with van der Waals surface area (Å²) in [6, 6.07) is 1.09. The smallest absolute Gasteiger partial charge is 0.0446 e. The first-order valence-electron chi connectivity index (χ1n) is 6.50. The van der Waals surface area contributed by atoms with Gasteiger partial charge in [-0.3, -0.25) is 4.90 Å². The second-order valence-corrected chi connectivity index (χ2v) is 5.84. The molecule has 0 amide bonds. The molecule has 3 nitrogen and oxygen atoms in total. The minimum absolute atomic E-state index is 0.211. The summed E-state index contributed by atoms with van der Waals surface area (Å²) in [5, 5.41) is 9.20. The highest BCUT2D eigenvalue weighted by Crippen LogP contribution is 2.29. The zero-order chi connectivity index (χ0) is 12.3. The summed E-state index contributed by atoms with van der Waals surface area (Å²) in [5.74, 6) is 0. The van der Waals surface area contributed by atoms with Gasteiger partial charge in [0, 0.05) is 37.3 Å². The van der Waals surface area contributed by atoms with Gasteiger partial charge in [0.1, 0.15) is 0 Å². The molecule has 0 spiro atoms. The quantitative estimate of drug-likeness (QED) is 0.791. The predicted molar refractivity (Wildman–Crippen MR) is 68.7 cm³/mol. The molecule has 1 N–H and O–H groups in total. The molecule has 0 aliphatic carbocycles. The van der Waals surface area contributed by atoms with Gasteiger partial charge in [-0.15, -0.1) is 0 Å². The van der Waals surface area contributed by atoms with E-state index in [4.69, 9.17) is 0 Å². The molecule has 96 valence electrons. The molecule has 0 aromatic carbocycles. The van der Waals surface area contributed by atoms with Crippen LogP contribution in [-0.2, 0) is 0 Å². The molecule has 0 saturated carbocycles. The minimum Gasteiger partial charge on any atom is -0.396 e. The van der Waals surface area contributed by atoms with Gasteiger partial charge in [-0.2, -0.15) is 0 Å². The Morgan fingerprint density at radius 1 is 1.44 bits per heavy atom. The summed E-state index contributed by atoms with van der Waals surface area (Å²) in [4.78, 5) is 5.00. The molecule has 1 aliphatic rings. The molecule has 1 fully saturated rings. The van der Waals surface area contributed by atoms with Crippen LogP contribution in [0.3, 0.4) is 0 Å². The van der Waals surface area contributed by atoms with Gasteiger partial charge in [-0.1, -0.05) is 6.92 Å². The largest absolute Gasteiger partial charge is 0.396 e. The number of piperazine rings is 1. The van der Waals surface area contributed by atoms with Gasteiger partial charge in [-0.25, -0.2) is 0 Å². The Kier molecular flexibility index (Phi) is 4.77. The lowest BCUT2D eigenvalue weighted by Crippen LogP contribution is -2.65. The Bertz CT molecular complexity index is 218. The third kappa shape index (κ3) is 2.96. The fraction of sp³-hybridized carbons (Fsp3) is 1.00. The summed E-state index contributed by atoms with van der Waals surface area (Å²) >= 11 is 0. The normalized spacial score (nSPS) is 29.2. The fourth-order valence-corrected chi connectivity index (χ4v) is 3.28. The van der Waals surface area contributed by atoms with Gasteiger partial charge in [0.2, 0.25) is 0 Å². The molecule has 3 heteroatoms. The van der Waals surface area contributed by atoms with Crippen molar-refractivity contribution in [2.24, 2.45) is 0 Å². The van der Waals surface area contributed by atoms with E-state index in [0.717, 1.165) is 19.5 Å². The van der Waals surface area contributed by atoms with E-state index in [1.165, 1.54) is 6.42 Å². The molecule has 1 saturated heterocycles. The van der Waals surface area contributed by atoms with Crippen LogP contribution in [-0.4, -0.2) is 59.3 Å². The van der Waals surface area contributed by atoms with Crippen LogP contribution in [0.25, 0.3) is 0 Å². The molecule has 1 aliphatic heterocycles. The van der Waals surface area contributed by atoms with Crippen molar-refractivity contribution in [3.8, 4) is 0 Å². The molecule has 1 rings (SSSR count). The number of aliphatic hydroxyl groups excluding tert-OH is 1. The molecular weight excluding hydrogens is 200 g/mol. The van der Waals surface area contributed by atoms with Gasteiger partial charge in [0.05, 0.1) is 0 Å². The lowest BCUT2D eigenvalue weighted by Gasteiger charge is -2.53. The van der Waals surface area contributed by atoms with Gasteiger partial charge in [0.15, 0.2) is 0 Å². The van der Waals surface area contributed by atoms with Gasteiger partial charge in [-0.05, 0) is 40.7 Å². The first kappa shape index (κ1) is 13.9. The maximum atomic E-state index is 9.20. The van der Waals surface area contributed by atoms with E-state index in [0.29, 0.717) is 18.7 Å². The van der Waals surface area contributed by atoms with E-state index in [1.807, 2.05) is 0 Å². The SMILES string of the molecule is CCC(C)N1C(CCO)CN(C)CC1(C)C. The molecule has 16 heavy (non-hydrogen) atoms. The third-order valence-electron chi connectivity index (χ3n) is 3.80. The molecule has 0 aromatic heterocycles. The van der Waals surface area contributed by atoms with E-state index >= 15 is 0 Å². The lowest BCUT2D eigenvalue weighted by atomic mass is 9.91. The van der Waals surface area contributed by atoms with E-state index in [9.17, 15) is 5.11 Å². The highest BCUT2D eigenvalue weighted by atomic mass is 16.3. The van der Waals surface area contributed by atoms with Crippen LogP contribution in [0.1, 0.15) is 40.5 Å². The van der Waals surface area contributed by atoms with Gasteiger partial charge >= 0.3 is 0 Å². The molecule has 0 bridgehead atoms. The monoisotopic (exact) mass is 228 g/mol. The van der Waals surface area contributed by atoms with Crippen LogP contribution < -0.4 is 0 Å². The van der Waals surface area contributed by atoms with E-state index < -0.39 is 0 Å². The van der Waals surface area contributed by atoms with Gasteiger partial charge in [0.25, 0.3) is 0 Å². The fourth-order valence-electron chi connectivity index (χ4n) is 3.28. The molecule has 2 unspecified atom stereocenters. The third-order valence-corrected chi connectivity index (χ3v) is 3.80. The first-order valence-corrected chi connectivity index (χ1v) is 6.50. The van der Waals surface area contributed by atoms with Crippen LogP contribution in [0, 0.1) is 0 Å². The van der Waals surface area contributed by atoms with Crippen molar-refractivity contribution >= 4 is 0 Å². The van der Waals surface area contributed by atoms with Crippen molar-refractivity contribution in [1.29, 1.82) is 0 Å². The van der Waals surface area contributed by atoms with Crippen molar-refractivity contribution in [3.05, 3.63) is 0 Å². The Balaban J connectivity index is 2.85. The number of hydrogen-bond acceptors (Lipinski definition) is 3. The summed E-state index contributed by atoms with van der Waals surface area (Å²) in [5.41, 5.74) is 0.211. The maximum Gasteiger partial charge on any atom is 0.0446 e. The average Bonchev–Trinajstić information content (AvgIpc) is 2.15. The van der Waals surface area contributed by atoms with E-state index in [-0.39, 0.29) is 5.54 Å². The van der Waals surface area contributed by atoms with Crippen LogP contribution in [0.5, 0.6) is 0 Å². The summed E-state index contributed by atoms with van der Waals surface area (Å²) in [6.07, 6.45) is 2.06. The molecule has 2 atom stereocenters. The van der Waals surface area contributed by atoms with E-state index in [2.05, 4.69) is 44.5 Å². The predicted octanol–water partition coefficient (Wildman–Crippen LogP) is 1.56. The summed E-state index contributed by atoms with van der Waals surface area (Å²) in [6.45, 7) is 11.7. The maximum absolute atomic E-state index is 9.20. The highest BCUT2D eigenvalue weighted by molar-refractivity contribution is 4.96. The Morgan fingerprint density at radius 3 is 2.56 bits per heavy atom. The Morgan fingerprint density at radius 2 is 2.06 bits per heavy atom. The second kappa shape index (κ2) is 5.48. The average molecular weight is 228 g/mol. The van der Waals surface area contributed by atoms with Crippen molar-refractivity contribution in [1.82, 2.24) is 9.80 Å². The van der Waals surface area contributed by atoms with Crippen LogP contribution in [0.15, 0.2) is 0 Å². The molecular formula is C13H28N2O. The van der Waals surface area contributed by atoms with Crippen molar-refractivity contribution in [3.63, 3.8) is 0 Å². The minimum atomic E-state index is 0.211. The van der Waals surface area contributed by atoms with Crippen molar-refractivity contribution < 1.29 is 5.11 Å². The van der Waals surface area contributed by atoms with Crippen molar-refractivity contribution in [2.45, 2.75) is 58.2 Å². The summed E-state index contributed by atoms with van der Waals surface area (Å²) < 4.78 is 0. The zero-order valence-corrected chi connectivity index (χ0v) is 11.5. The van der Waals surface area contributed by atoms with Gasteiger partial charge < -0.3 is 10.0 Å². The standard InChI is InChI=1S/C13H28N2O/c1-6-11(2)15-12(7-8-16)9-14(5)10-13(15,3)4/h11-12,16H,6-10H2,1-5H3. The first-order chi connectivity index (χ1) is 7.42. The van der Waals surface area contributed by atoms with Crippen LogP contribution in [0.2, 0.25) is 0 Å². The Hall–Kier alpha value is -0.120. The molecule has 0 aromatic rings. The van der Waals surface area contributed by atoms with Crippen molar-refractivity contribution in [2.75, 3.05) is 26.7 Å². The van der Waals surface area contributed by atoms with Crippen LogP contribution >= 0.6 is 0 Å². The highest BCUT2D eigenvalue weighted by Gasteiger charge is 2.40. The summed E-state index contributed by atoms with van der Waals surface area (Å²) in [7, 11) is 2.18. The number of hydrogen-bond donors (Lipinski definition) is 1. The van der Waals surface area contributed by atoms with Crippen LogP contribution in [0.4, 0.5) is 0 Å². The molecule has 0 radical (unpaired) electrons. The van der Waals surface area contributed by atoms with E-state index in [1.54, 1.807) is 0 Å². The number of likely N-dealkylation sites (N-methyl/N-ethyl adjacent to an activating group) is 1. The topological polar surface area (TPSA) is 26.7 Å². The zero-order valence-electron chi connectivity index (χ0n) is 11.5. The lowest BCUT2D eigenvalue weighted by molar-refractivity contribution is -0.0497. The Labute approximate surface area is 100 Å². The number of nitrogens with zero attached hydrogens (tertiary/aromatic N) is 2. The number of aliphatic hydroxyl groups is 1. The second-order valence-electron chi connectivity index (χ2n) is 5.84.